The van der Waals surface area contributed by atoms with Crippen LogP contribution < -0.4 is 11.2 Å². The van der Waals surface area contributed by atoms with E-state index < -0.39 is 43.1 Å². The van der Waals surface area contributed by atoms with Crippen LogP contribution in [0.1, 0.15) is 13.8 Å². The van der Waals surface area contributed by atoms with Crippen molar-refractivity contribution in [2.24, 2.45) is 0 Å². The Morgan fingerprint density at radius 1 is 0.955 bits per heavy atom. The van der Waals surface area contributed by atoms with Crippen LogP contribution in [0.3, 0.4) is 0 Å². The molecular weight excluding hydrogens is 308 g/mol. The molecule has 0 aromatic carbocycles. The summed E-state index contributed by atoms with van der Waals surface area (Å²) >= 11 is 0. The lowest BCUT2D eigenvalue weighted by Crippen LogP contribution is -2.42. The van der Waals surface area contributed by atoms with Gasteiger partial charge in [0.2, 0.25) is 25.0 Å². The molecule has 0 aromatic rings. The highest BCUT2D eigenvalue weighted by molar-refractivity contribution is 5.76. The molecule has 0 aliphatic carbocycles. The minimum atomic E-state index is -0.913. The van der Waals surface area contributed by atoms with Crippen LogP contribution in [0.2, 0.25) is 0 Å². The van der Waals surface area contributed by atoms with Crippen molar-refractivity contribution in [3.8, 4) is 0 Å². The summed E-state index contributed by atoms with van der Waals surface area (Å²) in [6.45, 7) is -0.122. The predicted molar refractivity (Wildman–Crippen MR) is 65.4 cm³/mol. The Labute approximate surface area is 123 Å². The topological polar surface area (TPSA) is 163 Å². The smallest absolute Gasteiger partial charge is 0.284 e. The first-order valence-corrected chi connectivity index (χ1v) is 5.74. The summed E-state index contributed by atoms with van der Waals surface area (Å²) in [7, 11) is 0. The van der Waals surface area contributed by atoms with E-state index in [2.05, 4.69) is 9.68 Å². The van der Waals surface area contributed by atoms with Crippen LogP contribution in [-0.4, -0.2) is 57.9 Å². The molecule has 0 rings (SSSR count). The van der Waals surface area contributed by atoms with Gasteiger partial charge in [-0.25, -0.2) is 10.1 Å². The maximum atomic E-state index is 11.0. The van der Waals surface area contributed by atoms with Crippen molar-refractivity contribution < 1.29 is 34.0 Å². The fourth-order valence-electron chi connectivity index (χ4n) is 0.951. The Morgan fingerprint density at radius 3 is 1.59 bits per heavy atom. The van der Waals surface area contributed by atoms with Gasteiger partial charge in [0.1, 0.15) is 9.74 Å². The molecule has 0 fully saturated rings. The molecule has 2 N–H and O–H groups in total. The van der Waals surface area contributed by atoms with Crippen LogP contribution in [0.4, 0.5) is 0 Å². The molecule has 0 heterocycles. The number of rotatable bonds is 13. The second-order valence-electron chi connectivity index (χ2n) is 3.95. The maximum Gasteiger partial charge on any atom is 0.284 e. The van der Waals surface area contributed by atoms with Crippen molar-refractivity contribution in [3.63, 3.8) is 0 Å². The van der Waals surface area contributed by atoms with Gasteiger partial charge in [-0.2, -0.15) is 9.68 Å². The second-order valence-corrected chi connectivity index (χ2v) is 3.95. The van der Waals surface area contributed by atoms with Gasteiger partial charge >= 0.3 is 0 Å². The van der Waals surface area contributed by atoms with Crippen molar-refractivity contribution >= 4 is 11.6 Å². The lowest BCUT2D eigenvalue weighted by molar-refractivity contribution is -0.709. The molecule has 0 bridgehead atoms. The van der Waals surface area contributed by atoms with Gasteiger partial charge in [0.05, 0.1) is 9.81 Å². The summed E-state index contributed by atoms with van der Waals surface area (Å²) in [5.74, 6) is -0.878. The van der Waals surface area contributed by atoms with E-state index in [0.29, 0.717) is 5.01 Å². The number of carbonyl (C=O) groups excluding carboxylic acids is 2. The Kier molecular flexibility index (Phi) is 8.80. The number of nitroso groups, excluding NO2 is 2. The zero-order valence-electron chi connectivity index (χ0n) is 11.9. The molecule has 14 nitrogen and oxygen atoms in total. The highest BCUT2D eigenvalue weighted by Crippen LogP contribution is 1.89. The van der Waals surface area contributed by atoms with Gasteiger partial charge in [0, 0.05) is 13.8 Å². The summed E-state index contributed by atoms with van der Waals surface area (Å²) in [4.78, 5) is 62.8. The average molecular weight is 324 g/mol. The molecule has 124 valence electrons. The van der Waals surface area contributed by atoms with Gasteiger partial charge in [0.15, 0.2) is 5.03 Å². The van der Waals surface area contributed by atoms with Crippen LogP contribution in [0.15, 0.2) is 0 Å². The molecule has 22 heavy (non-hydrogen) atoms. The third kappa shape index (κ3) is 10.1. The molecule has 0 atom stereocenters. The maximum absolute atomic E-state index is 11.0. The van der Waals surface area contributed by atoms with Crippen LogP contribution in [0, 0.1) is 19.9 Å². The van der Waals surface area contributed by atoms with Gasteiger partial charge in [-0.3, -0.25) is 9.59 Å². The van der Waals surface area contributed by atoms with E-state index in [1.807, 2.05) is 0 Å². The van der Waals surface area contributed by atoms with E-state index in [-0.39, 0.29) is 9.74 Å². The van der Waals surface area contributed by atoms with E-state index in [0.717, 1.165) is 0 Å². The van der Waals surface area contributed by atoms with E-state index in [1.54, 1.807) is 11.2 Å². The quantitative estimate of drug-likeness (QED) is 0.167. The molecule has 0 saturated carbocycles. The SMILES string of the molecule is CC(=O)C[N+](=O)NOCN(CON[N+](=O)CC(C)=O)[N+](=O)[O-]. The number of hydrogen-bond donors (Lipinski definition) is 2. The van der Waals surface area contributed by atoms with Gasteiger partial charge in [-0.15, -0.1) is 0 Å². The zero-order valence-corrected chi connectivity index (χ0v) is 11.9. The van der Waals surface area contributed by atoms with Crippen LogP contribution in [0.5, 0.6) is 0 Å². The fourth-order valence-corrected chi connectivity index (χ4v) is 0.951. The van der Waals surface area contributed by atoms with Crippen molar-refractivity contribution in [1.29, 1.82) is 0 Å². The first kappa shape index (κ1) is 19.3. The number of hydrazine groups is 3. The van der Waals surface area contributed by atoms with E-state index in [1.165, 1.54) is 13.8 Å². The molecule has 0 aliphatic rings. The second kappa shape index (κ2) is 10.1. The third-order valence-electron chi connectivity index (χ3n) is 1.72. The number of carbonyl (C=O) groups is 2. The Bertz CT molecular complexity index is 420. The molecule has 0 saturated heterocycles. The molecule has 14 heteroatoms. The number of hydrogen-bond acceptors (Lipinski definition) is 8. The number of Topliss-reactive ketones (excluding diaryl/α,β-unsaturated/α-hetero) is 2. The Balaban J connectivity index is 4.04. The summed E-state index contributed by atoms with van der Waals surface area (Å²) in [5.41, 5.74) is 3.49. The fraction of sp³-hybridized carbons (Fsp3) is 0.750. The Hall–Kier alpha value is -2.74. The molecule has 0 amide bonds. The number of nitrogens with zero attached hydrogens (tertiary/aromatic N) is 4. The first-order valence-electron chi connectivity index (χ1n) is 5.74. The summed E-state index contributed by atoms with van der Waals surface area (Å²) in [6, 6.07) is 0. The third-order valence-corrected chi connectivity index (χ3v) is 1.72. The van der Waals surface area contributed by atoms with Crippen LogP contribution in [-0.2, 0) is 19.3 Å². The van der Waals surface area contributed by atoms with Crippen molar-refractivity contribution in [3.05, 3.63) is 19.9 Å². The van der Waals surface area contributed by atoms with E-state index in [9.17, 15) is 29.5 Å². The van der Waals surface area contributed by atoms with Gasteiger partial charge in [-0.05, 0) is 11.2 Å². The van der Waals surface area contributed by atoms with Crippen LogP contribution >= 0.6 is 0 Å². The minimum absolute atomic E-state index is 0.0335. The van der Waals surface area contributed by atoms with Crippen molar-refractivity contribution in [2.45, 2.75) is 13.8 Å². The highest BCUT2D eigenvalue weighted by atomic mass is 16.8. The van der Waals surface area contributed by atoms with E-state index in [4.69, 9.17) is 0 Å². The van der Waals surface area contributed by atoms with Crippen LogP contribution in [0.25, 0.3) is 0 Å². The lowest BCUT2D eigenvalue weighted by Gasteiger charge is -2.10. The molecule has 0 radical (unpaired) electrons. The molecule has 0 aromatic heterocycles. The summed E-state index contributed by atoms with van der Waals surface area (Å²) in [6.07, 6.45) is 0. The summed E-state index contributed by atoms with van der Waals surface area (Å²) in [5, 5.41) is 10.1. The summed E-state index contributed by atoms with van der Waals surface area (Å²) < 4.78 is 0. The lowest BCUT2D eigenvalue weighted by atomic mass is 10.5. The zero-order chi connectivity index (χ0) is 17.1. The molecule has 0 aliphatic heterocycles. The molecule has 0 unspecified atom stereocenters. The first-order chi connectivity index (χ1) is 10.2. The van der Waals surface area contributed by atoms with Crippen molar-refractivity contribution in [2.75, 3.05) is 26.6 Å². The van der Waals surface area contributed by atoms with Gasteiger partial charge in [-0.1, -0.05) is 5.01 Å². The predicted octanol–water partition coefficient (Wildman–Crippen LogP) is -2.00. The normalized spacial score (nSPS) is 9.73. The Morgan fingerprint density at radius 2 is 1.32 bits per heavy atom. The average Bonchev–Trinajstić information content (AvgIpc) is 2.34. The van der Waals surface area contributed by atoms with Gasteiger partial charge in [0.25, 0.3) is 13.1 Å². The van der Waals surface area contributed by atoms with Crippen molar-refractivity contribution in [1.82, 2.24) is 16.2 Å². The molecule has 0 spiro atoms. The van der Waals surface area contributed by atoms with Gasteiger partial charge < -0.3 is 0 Å². The molecular formula is C8H16N6O8+2. The number of nitrogens with one attached hydrogen (secondary N) is 2. The minimum Gasteiger partial charge on any atom is -0.293 e. The largest absolute Gasteiger partial charge is 0.293 e. The monoisotopic (exact) mass is 324 g/mol. The van der Waals surface area contributed by atoms with E-state index >= 15 is 0 Å². The highest BCUT2D eigenvalue weighted by Gasteiger charge is 2.20. The number of ketones is 2. The standard InChI is InChI=1S/C8H16N6O8/c1-7(15)3-12(17)9-21-5-11(14(19)20)6-22-10-13(18)4-8(2)16/h3-6H2,1-2H3,(H,9,17)(H,10,18)/q+2. The number of nitro groups is 1.